The van der Waals surface area contributed by atoms with Crippen molar-refractivity contribution in [2.45, 2.75) is 25.8 Å². The minimum absolute atomic E-state index is 0.454. The number of benzene rings is 1. The molecule has 0 aliphatic carbocycles. The first-order valence-corrected chi connectivity index (χ1v) is 10.5. The molecule has 5 nitrogen and oxygen atoms in total. The summed E-state index contributed by atoms with van der Waals surface area (Å²) >= 11 is 5.96. The van der Waals surface area contributed by atoms with Crippen LogP contribution >= 0.6 is 11.6 Å². The molecule has 1 aromatic heterocycles. The summed E-state index contributed by atoms with van der Waals surface area (Å²) in [5.41, 5.74) is 2.63. The minimum Gasteiger partial charge on any atom is -0.383 e. The number of ether oxygens (including phenoxy) is 1. The van der Waals surface area contributed by atoms with E-state index < -0.39 is 0 Å². The summed E-state index contributed by atoms with van der Waals surface area (Å²) < 4.78 is 5.27. The summed E-state index contributed by atoms with van der Waals surface area (Å²) in [6.07, 6.45) is 7.87. The van der Waals surface area contributed by atoms with Crippen LogP contribution in [-0.2, 0) is 11.3 Å². The van der Waals surface area contributed by atoms with Crippen LogP contribution in [0.3, 0.4) is 0 Å². The monoisotopic (exact) mass is 400 g/mol. The number of methoxy groups -OCH3 is 1. The zero-order valence-electron chi connectivity index (χ0n) is 16.6. The third-order valence-electron chi connectivity index (χ3n) is 6.08. The molecule has 6 heteroatoms. The molecule has 0 amide bonds. The van der Waals surface area contributed by atoms with Gasteiger partial charge in [-0.05, 0) is 62.0 Å². The van der Waals surface area contributed by atoms with Crippen LogP contribution in [-0.4, -0.2) is 66.2 Å². The molecule has 0 N–H and O–H groups in total. The van der Waals surface area contributed by atoms with Crippen molar-refractivity contribution in [2.75, 3.05) is 46.4 Å². The van der Waals surface area contributed by atoms with Gasteiger partial charge in [0.05, 0.1) is 6.61 Å². The maximum absolute atomic E-state index is 5.96. The van der Waals surface area contributed by atoms with Gasteiger partial charge in [0, 0.05) is 61.8 Å². The Morgan fingerprint density at radius 2 is 1.79 bits per heavy atom. The lowest BCUT2D eigenvalue weighted by molar-refractivity contribution is 0.0673. The Morgan fingerprint density at radius 1 is 1.04 bits per heavy atom. The smallest absolute Gasteiger partial charge is 0.159 e. The average Bonchev–Trinajstić information content (AvgIpc) is 3.09. The van der Waals surface area contributed by atoms with Crippen molar-refractivity contribution in [1.29, 1.82) is 0 Å². The third-order valence-corrected chi connectivity index (χ3v) is 6.34. The van der Waals surface area contributed by atoms with Gasteiger partial charge >= 0.3 is 0 Å². The minimum atomic E-state index is 0.454. The number of rotatable bonds is 6. The van der Waals surface area contributed by atoms with Crippen LogP contribution in [0.1, 0.15) is 24.8 Å². The first kappa shape index (κ1) is 19.8. The number of hydrogen-bond acceptors (Lipinski definition) is 5. The lowest BCUT2D eigenvalue weighted by Gasteiger charge is -2.40. The highest BCUT2D eigenvalue weighted by Gasteiger charge is 2.41. The van der Waals surface area contributed by atoms with Crippen LogP contribution in [0, 0.1) is 5.41 Å². The topological polar surface area (TPSA) is 41.5 Å². The molecule has 2 fully saturated rings. The number of likely N-dealkylation sites (tertiary alicyclic amines) is 2. The Balaban J connectivity index is 1.34. The Kier molecular flexibility index (Phi) is 6.26. The summed E-state index contributed by atoms with van der Waals surface area (Å²) in [4.78, 5) is 14.3. The molecule has 2 aliphatic rings. The fourth-order valence-electron chi connectivity index (χ4n) is 4.66. The molecule has 3 heterocycles. The zero-order chi connectivity index (χ0) is 19.4. The second-order valence-electron chi connectivity index (χ2n) is 8.25. The average molecular weight is 401 g/mol. The van der Waals surface area contributed by atoms with Crippen LogP contribution in [0.25, 0.3) is 11.4 Å². The molecule has 2 aliphatic heterocycles. The molecule has 0 saturated carbocycles. The van der Waals surface area contributed by atoms with Crippen LogP contribution in [0.2, 0.25) is 5.02 Å². The number of nitrogens with zero attached hydrogens (tertiary/aromatic N) is 4. The SMILES string of the molecule is COCCN1CCCC2(CCN(Cc3cnc(-c4ccc(Cl)cc4)nc3)C2)C1. The van der Waals surface area contributed by atoms with Crippen molar-refractivity contribution in [3.8, 4) is 11.4 Å². The van der Waals surface area contributed by atoms with Gasteiger partial charge < -0.3 is 9.64 Å². The predicted molar refractivity (Wildman–Crippen MR) is 112 cm³/mol. The fourth-order valence-corrected chi connectivity index (χ4v) is 4.79. The molecule has 4 rings (SSSR count). The highest BCUT2D eigenvalue weighted by Crippen LogP contribution is 2.39. The first-order valence-electron chi connectivity index (χ1n) is 10.2. The number of hydrogen-bond donors (Lipinski definition) is 0. The molecular weight excluding hydrogens is 372 g/mol. The number of aromatic nitrogens is 2. The molecule has 1 aromatic carbocycles. The second kappa shape index (κ2) is 8.87. The summed E-state index contributed by atoms with van der Waals surface area (Å²) in [5, 5.41) is 0.729. The van der Waals surface area contributed by atoms with E-state index in [4.69, 9.17) is 16.3 Å². The van der Waals surface area contributed by atoms with E-state index in [9.17, 15) is 0 Å². The van der Waals surface area contributed by atoms with E-state index in [0.29, 0.717) is 5.41 Å². The molecule has 0 radical (unpaired) electrons. The van der Waals surface area contributed by atoms with E-state index in [1.54, 1.807) is 7.11 Å². The van der Waals surface area contributed by atoms with Crippen LogP contribution < -0.4 is 0 Å². The molecule has 1 unspecified atom stereocenters. The summed E-state index contributed by atoms with van der Waals surface area (Å²) in [6, 6.07) is 7.66. The maximum Gasteiger partial charge on any atom is 0.159 e. The first-order chi connectivity index (χ1) is 13.7. The molecule has 1 atom stereocenters. The quantitative estimate of drug-likeness (QED) is 0.739. The van der Waals surface area contributed by atoms with Gasteiger partial charge in [-0.2, -0.15) is 0 Å². The van der Waals surface area contributed by atoms with Crippen LogP contribution in [0.5, 0.6) is 0 Å². The molecule has 150 valence electrons. The molecule has 2 aromatic rings. The van der Waals surface area contributed by atoms with E-state index in [0.717, 1.165) is 42.7 Å². The van der Waals surface area contributed by atoms with Crippen molar-refractivity contribution >= 4 is 11.6 Å². The van der Waals surface area contributed by atoms with Gasteiger partial charge in [-0.15, -0.1) is 0 Å². The van der Waals surface area contributed by atoms with E-state index in [-0.39, 0.29) is 0 Å². The van der Waals surface area contributed by atoms with E-state index in [2.05, 4.69) is 19.8 Å². The van der Waals surface area contributed by atoms with E-state index in [1.807, 2.05) is 36.7 Å². The molecule has 1 spiro atoms. The molecular formula is C22H29ClN4O. The van der Waals surface area contributed by atoms with Gasteiger partial charge in [0.2, 0.25) is 0 Å². The zero-order valence-corrected chi connectivity index (χ0v) is 17.4. The van der Waals surface area contributed by atoms with Gasteiger partial charge in [0.15, 0.2) is 5.82 Å². The standard InChI is InChI=1S/C22H29ClN4O/c1-28-12-11-26-9-2-7-22(16-26)8-10-27(17-22)15-18-13-24-21(25-14-18)19-3-5-20(23)6-4-19/h3-6,13-14H,2,7-12,15-17H2,1H3. The highest BCUT2D eigenvalue weighted by molar-refractivity contribution is 6.30. The van der Waals surface area contributed by atoms with Gasteiger partial charge in [0.25, 0.3) is 0 Å². The van der Waals surface area contributed by atoms with Crippen molar-refractivity contribution in [3.63, 3.8) is 0 Å². The van der Waals surface area contributed by atoms with Gasteiger partial charge in [-0.1, -0.05) is 11.6 Å². The van der Waals surface area contributed by atoms with E-state index >= 15 is 0 Å². The Bertz CT molecular complexity index is 767. The van der Waals surface area contributed by atoms with Gasteiger partial charge in [-0.3, -0.25) is 4.90 Å². The summed E-state index contributed by atoms with van der Waals surface area (Å²) in [5.74, 6) is 0.749. The second-order valence-corrected chi connectivity index (χ2v) is 8.69. The lowest BCUT2D eigenvalue weighted by Crippen LogP contribution is -2.45. The highest BCUT2D eigenvalue weighted by atomic mass is 35.5. The Labute approximate surface area is 172 Å². The predicted octanol–water partition coefficient (Wildman–Crippen LogP) is 3.73. The van der Waals surface area contributed by atoms with Crippen LogP contribution in [0.4, 0.5) is 0 Å². The van der Waals surface area contributed by atoms with Crippen molar-refractivity contribution < 1.29 is 4.74 Å². The van der Waals surface area contributed by atoms with Gasteiger partial charge in [0.1, 0.15) is 0 Å². The van der Waals surface area contributed by atoms with E-state index in [1.165, 1.54) is 44.5 Å². The lowest BCUT2D eigenvalue weighted by atomic mass is 9.79. The molecule has 0 bridgehead atoms. The number of piperidine rings is 1. The summed E-state index contributed by atoms with van der Waals surface area (Å²) in [6.45, 7) is 7.58. The van der Waals surface area contributed by atoms with Crippen molar-refractivity contribution in [3.05, 3.63) is 47.2 Å². The van der Waals surface area contributed by atoms with Crippen molar-refractivity contribution in [1.82, 2.24) is 19.8 Å². The largest absolute Gasteiger partial charge is 0.383 e. The summed E-state index contributed by atoms with van der Waals surface area (Å²) in [7, 11) is 1.79. The van der Waals surface area contributed by atoms with Crippen LogP contribution in [0.15, 0.2) is 36.7 Å². The van der Waals surface area contributed by atoms with Crippen molar-refractivity contribution in [2.24, 2.45) is 5.41 Å². The molecule has 28 heavy (non-hydrogen) atoms. The normalized spacial score (nSPS) is 23.5. The Hall–Kier alpha value is -1.53. The molecule has 2 saturated heterocycles. The maximum atomic E-state index is 5.96. The third kappa shape index (κ3) is 4.71. The van der Waals surface area contributed by atoms with Gasteiger partial charge in [-0.25, -0.2) is 9.97 Å². The Morgan fingerprint density at radius 3 is 2.54 bits per heavy atom. The number of halogens is 1. The fraction of sp³-hybridized carbons (Fsp3) is 0.545.